The van der Waals surface area contributed by atoms with Gasteiger partial charge in [-0.15, -0.1) is 0 Å². The highest BCUT2D eigenvalue weighted by atomic mass is 19.1. The van der Waals surface area contributed by atoms with Gasteiger partial charge in [-0.1, -0.05) is 18.2 Å². The molecule has 1 saturated heterocycles. The molecule has 132 valence electrons. The second-order valence-corrected chi connectivity index (χ2v) is 6.42. The summed E-state index contributed by atoms with van der Waals surface area (Å²) in [6, 6.07) is 14.1. The lowest BCUT2D eigenvalue weighted by atomic mass is 10.0. The van der Waals surface area contributed by atoms with Crippen LogP contribution in [0.2, 0.25) is 0 Å². The van der Waals surface area contributed by atoms with Gasteiger partial charge in [0.2, 0.25) is 0 Å². The van der Waals surface area contributed by atoms with Crippen LogP contribution in [0.25, 0.3) is 22.2 Å². The summed E-state index contributed by atoms with van der Waals surface area (Å²) in [6.45, 7) is 1.56. The lowest BCUT2D eigenvalue weighted by Gasteiger charge is -2.17. The Kier molecular flexibility index (Phi) is 4.29. The molecule has 2 heterocycles. The Morgan fingerprint density at radius 3 is 2.62 bits per heavy atom. The Morgan fingerprint density at radius 1 is 1.12 bits per heavy atom. The number of hydrogen-bond acceptors (Lipinski definition) is 3. The van der Waals surface area contributed by atoms with Gasteiger partial charge in [-0.25, -0.2) is 9.37 Å². The summed E-state index contributed by atoms with van der Waals surface area (Å²) in [5, 5.41) is 0.821. The predicted molar refractivity (Wildman–Crippen MR) is 98.8 cm³/mol. The molecule has 1 amide bonds. The first kappa shape index (κ1) is 16.5. The van der Waals surface area contributed by atoms with Crippen molar-refractivity contribution in [3.05, 3.63) is 59.9 Å². The Balaban J connectivity index is 1.86. The highest BCUT2D eigenvalue weighted by molar-refractivity contribution is 6.07. The van der Waals surface area contributed by atoms with E-state index in [-0.39, 0.29) is 11.7 Å². The molecule has 0 atom stereocenters. The lowest BCUT2D eigenvalue weighted by molar-refractivity contribution is 0.0794. The van der Waals surface area contributed by atoms with Crippen molar-refractivity contribution in [3.8, 4) is 17.0 Å². The van der Waals surface area contributed by atoms with E-state index in [4.69, 9.17) is 4.74 Å². The smallest absolute Gasteiger partial charge is 0.254 e. The molecule has 0 spiro atoms. The molecule has 1 fully saturated rings. The minimum absolute atomic E-state index is 0.0105. The average molecular weight is 350 g/mol. The van der Waals surface area contributed by atoms with Gasteiger partial charge in [-0.3, -0.25) is 4.79 Å². The van der Waals surface area contributed by atoms with E-state index < -0.39 is 5.82 Å². The standard InChI is InChI=1S/C21H19FN2O2/c1-26-20-9-8-14(12-17(20)22)19-13-16(21(25)24-10-4-5-11-24)15-6-2-3-7-18(15)23-19/h2-3,6-9,12-13H,4-5,10-11H2,1H3. The van der Waals surface area contributed by atoms with Crippen molar-refractivity contribution in [2.24, 2.45) is 0 Å². The second-order valence-electron chi connectivity index (χ2n) is 6.42. The second kappa shape index (κ2) is 6.75. The largest absolute Gasteiger partial charge is 0.494 e. The van der Waals surface area contributed by atoms with Gasteiger partial charge in [-0.05, 0) is 43.2 Å². The molecule has 1 aliphatic rings. The Labute approximate surface area is 151 Å². The van der Waals surface area contributed by atoms with E-state index >= 15 is 0 Å². The van der Waals surface area contributed by atoms with Gasteiger partial charge in [0.25, 0.3) is 5.91 Å². The van der Waals surface area contributed by atoms with Crippen LogP contribution >= 0.6 is 0 Å². The number of carbonyl (C=O) groups excluding carboxylic acids is 1. The minimum atomic E-state index is -0.452. The van der Waals surface area contributed by atoms with Gasteiger partial charge in [-0.2, -0.15) is 0 Å². The highest BCUT2D eigenvalue weighted by Gasteiger charge is 2.22. The van der Waals surface area contributed by atoms with Crippen LogP contribution in [-0.4, -0.2) is 36.0 Å². The number of ether oxygens (including phenoxy) is 1. The van der Waals surface area contributed by atoms with Crippen molar-refractivity contribution in [1.82, 2.24) is 9.88 Å². The summed E-state index contributed by atoms with van der Waals surface area (Å²) in [4.78, 5) is 19.5. The molecular weight excluding hydrogens is 331 g/mol. The molecule has 4 rings (SSSR count). The minimum Gasteiger partial charge on any atom is -0.494 e. The number of para-hydroxylation sites is 1. The number of pyridine rings is 1. The fourth-order valence-corrected chi connectivity index (χ4v) is 3.42. The van der Waals surface area contributed by atoms with E-state index in [0.29, 0.717) is 16.8 Å². The number of amides is 1. The topological polar surface area (TPSA) is 42.4 Å². The average Bonchev–Trinajstić information content (AvgIpc) is 3.21. The molecule has 1 aromatic heterocycles. The molecule has 0 aliphatic carbocycles. The lowest BCUT2D eigenvalue weighted by Crippen LogP contribution is -2.27. The molecule has 0 bridgehead atoms. The SMILES string of the molecule is COc1ccc(-c2cc(C(=O)N3CCCC3)c3ccccc3n2)cc1F. The van der Waals surface area contributed by atoms with Crippen molar-refractivity contribution in [2.45, 2.75) is 12.8 Å². The summed E-state index contributed by atoms with van der Waals surface area (Å²) < 4.78 is 19.1. The van der Waals surface area contributed by atoms with Crippen molar-refractivity contribution in [2.75, 3.05) is 20.2 Å². The number of fused-ring (bicyclic) bond motifs is 1. The molecule has 0 saturated carbocycles. The molecule has 3 aromatic rings. The molecule has 1 aliphatic heterocycles. The summed E-state index contributed by atoms with van der Waals surface area (Å²) in [5.74, 6) is -0.258. The Hall–Kier alpha value is -2.95. The van der Waals surface area contributed by atoms with Crippen LogP contribution in [0.4, 0.5) is 4.39 Å². The van der Waals surface area contributed by atoms with Gasteiger partial charge in [0.15, 0.2) is 11.6 Å². The third-order valence-electron chi connectivity index (χ3n) is 4.79. The van der Waals surface area contributed by atoms with E-state index in [1.54, 1.807) is 18.2 Å². The summed E-state index contributed by atoms with van der Waals surface area (Å²) >= 11 is 0. The van der Waals surface area contributed by atoms with E-state index in [1.165, 1.54) is 13.2 Å². The summed E-state index contributed by atoms with van der Waals surface area (Å²) in [5.41, 5.74) is 2.53. The number of nitrogens with zero attached hydrogens (tertiary/aromatic N) is 2. The first-order valence-electron chi connectivity index (χ1n) is 8.70. The fraction of sp³-hybridized carbons (Fsp3) is 0.238. The van der Waals surface area contributed by atoms with Crippen LogP contribution in [0.1, 0.15) is 23.2 Å². The van der Waals surface area contributed by atoms with Crippen LogP contribution in [0, 0.1) is 5.82 Å². The molecule has 0 N–H and O–H groups in total. The monoisotopic (exact) mass is 350 g/mol. The number of methoxy groups -OCH3 is 1. The van der Waals surface area contributed by atoms with Crippen LogP contribution in [0.5, 0.6) is 5.75 Å². The fourth-order valence-electron chi connectivity index (χ4n) is 3.42. The zero-order chi connectivity index (χ0) is 18.1. The van der Waals surface area contributed by atoms with Crippen LogP contribution in [-0.2, 0) is 0 Å². The number of rotatable bonds is 3. The number of halogens is 1. The first-order valence-corrected chi connectivity index (χ1v) is 8.70. The van der Waals surface area contributed by atoms with Crippen LogP contribution < -0.4 is 4.74 Å². The number of likely N-dealkylation sites (tertiary alicyclic amines) is 1. The van der Waals surface area contributed by atoms with Gasteiger partial charge in [0, 0.05) is 24.0 Å². The zero-order valence-electron chi connectivity index (χ0n) is 14.5. The maximum absolute atomic E-state index is 14.1. The van der Waals surface area contributed by atoms with Crippen molar-refractivity contribution < 1.29 is 13.9 Å². The van der Waals surface area contributed by atoms with Crippen molar-refractivity contribution >= 4 is 16.8 Å². The normalized spacial score (nSPS) is 14.0. The van der Waals surface area contributed by atoms with Gasteiger partial charge in [0.1, 0.15) is 0 Å². The number of hydrogen-bond donors (Lipinski definition) is 0. The summed E-state index contributed by atoms with van der Waals surface area (Å²) in [6.07, 6.45) is 2.07. The third kappa shape index (κ3) is 2.90. The maximum atomic E-state index is 14.1. The molecule has 0 unspecified atom stereocenters. The number of benzene rings is 2. The zero-order valence-corrected chi connectivity index (χ0v) is 14.5. The van der Waals surface area contributed by atoms with Gasteiger partial charge >= 0.3 is 0 Å². The number of aromatic nitrogens is 1. The van der Waals surface area contributed by atoms with Crippen molar-refractivity contribution in [1.29, 1.82) is 0 Å². The highest BCUT2D eigenvalue weighted by Crippen LogP contribution is 2.29. The van der Waals surface area contributed by atoms with Crippen LogP contribution in [0.3, 0.4) is 0 Å². The molecular formula is C21H19FN2O2. The van der Waals surface area contributed by atoms with E-state index in [2.05, 4.69) is 4.98 Å². The molecule has 26 heavy (non-hydrogen) atoms. The number of carbonyl (C=O) groups is 1. The quantitative estimate of drug-likeness (QED) is 0.708. The summed E-state index contributed by atoms with van der Waals surface area (Å²) in [7, 11) is 1.43. The Morgan fingerprint density at radius 2 is 1.88 bits per heavy atom. The van der Waals surface area contributed by atoms with Gasteiger partial charge < -0.3 is 9.64 Å². The van der Waals surface area contributed by atoms with Gasteiger partial charge in [0.05, 0.1) is 23.9 Å². The van der Waals surface area contributed by atoms with E-state index in [1.807, 2.05) is 29.2 Å². The third-order valence-corrected chi connectivity index (χ3v) is 4.79. The molecule has 5 heteroatoms. The maximum Gasteiger partial charge on any atom is 0.254 e. The predicted octanol–water partition coefficient (Wildman–Crippen LogP) is 4.29. The molecule has 2 aromatic carbocycles. The molecule has 0 radical (unpaired) electrons. The van der Waals surface area contributed by atoms with Crippen LogP contribution in [0.15, 0.2) is 48.5 Å². The van der Waals surface area contributed by atoms with Crippen molar-refractivity contribution in [3.63, 3.8) is 0 Å². The first-order chi connectivity index (χ1) is 12.7. The molecule has 4 nitrogen and oxygen atoms in total. The Bertz CT molecular complexity index is 981. The van der Waals surface area contributed by atoms with E-state index in [0.717, 1.165) is 36.8 Å². The van der Waals surface area contributed by atoms with E-state index in [9.17, 15) is 9.18 Å².